The number of hydrogen-bond acceptors (Lipinski definition) is 2. The van der Waals surface area contributed by atoms with Crippen molar-refractivity contribution < 1.29 is 9.69 Å². The smallest absolute Gasteiger partial charge is 0.231 e. The molecule has 1 unspecified atom stereocenters. The lowest BCUT2D eigenvalue weighted by atomic mass is 9.96. The van der Waals surface area contributed by atoms with Crippen LogP contribution in [0.3, 0.4) is 0 Å². The van der Waals surface area contributed by atoms with Gasteiger partial charge in [-0.25, -0.2) is 0 Å². The Hall–Kier alpha value is -1.55. The Morgan fingerprint density at radius 2 is 1.83 bits per heavy atom. The molecule has 1 heterocycles. The van der Waals surface area contributed by atoms with E-state index in [1.807, 2.05) is 4.90 Å². The SMILES string of the molecule is CCN(CC)C(=O)[C@@H]1CCC[NH+](Cc2ccc(N(C)C)cc2)C1. The van der Waals surface area contributed by atoms with Crippen LogP contribution in [0.25, 0.3) is 0 Å². The van der Waals surface area contributed by atoms with E-state index in [-0.39, 0.29) is 5.92 Å². The molecule has 0 spiro atoms. The fourth-order valence-corrected chi connectivity index (χ4v) is 3.52. The van der Waals surface area contributed by atoms with Crippen molar-refractivity contribution in [3.63, 3.8) is 0 Å². The van der Waals surface area contributed by atoms with E-state index in [4.69, 9.17) is 0 Å². The molecule has 1 saturated heterocycles. The van der Waals surface area contributed by atoms with E-state index in [1.165, 1.54) is 17.8 Å². The van der Waals surface area contributed by atoms with Gasteiger partial charge in [0.25, 0.3) is 0 Å². The zero-order chi connectivity index (χ0) is 16.8. The van der Waals surface area contributed by atoms with E-state index >= 15 is 0 Å². The van der Waals surface area contributed by atoms with Gasteiger partial charge in [0, 0.05) is 38.4 Å². The van der Waals surface area contributed by atoms with Gasteiger partial charge in [0.1, 0.15) is 6.54 Å². The Bertz CT molecular complexity index is 494. The van der Waals surface area contributed by atoms with Gasteiger partial charge < -0.3 is 14.7 Å². The summed E-state index contributed by atoms with van der Waals surface area (Å²) in [6.07, 6.45) is 2.21. The van der Waals surface area contributed by atoms with E-state index in [9.17, 15) is 4.79 Å². The average Bonchev–Trinajstić information content (AvgIpc) is 2.56. The molecule has 1 aliphatic heterocycles. The lowest BCUT2D eigenvalue weighted by Crippen LogP contribution is -3.12. The quantitative estimate of drug-likeness (QED) is 0.859. The van der Waals surface area contributed by atoms with Crippen molar-refractivity contribution >= 4 is 11.6 Å². The first-order valence-electron chi connectivity index (χ1n) is 8.93. The number of carbonyl (C=O) groups is 1. The Balaban J connectivity index is 1.94. The zero-order valence-electron chi connectivity index (χ0n) is 15.1. The predicted octanol–water partition coefficient (Wildman–Crippen LogP) is 1.42. The highest BCUT2D eigenvalue weighted by atomic mass is 16.2. The molecule has 1 aliphatic rings. The molecule has 1 aromatic carbocycles. The van der Waals surface area contributed by atoms with E-state index in [2.05, 4.69) is 57.1 Å². The van der Waals surface area contributed by atoms with Gasteiger partial charge >= 0.3 is 0 Å². The van der Waals surface area contributed by atoms with E-state index in [0.717, 1.165) is 39.0 Å². The number of quaternary nitrogens is 1. The number of likely N-dealkylation sites (tertiary alicyclic amines) is 1. The fourth-order valence-electron chi connectivity index (χ4n) is 3.52. The van der Waals surface area contributed by atoms with Gasteiger partial charge in [0.05, 0.1) is 19.0 Å². The number of nitrogens with zero attached hydrogens (tertiary/aromatic N) is 2. The maximum Gasteiger partial charge on any atom is 0.231 e. The predicted molar refractivity (Wildman–Crippen MR) is 95.8 cm³/mol. The lowest BCUT2D eigenvalue weighted by Gasteiger charge is -2.32. The number of hydrogen-bond donors (Lipinski definition) is 1. The molecule has 1 fully saturated rings. The van der Waals surface area contributed by atoms with Crippen molar-refractivity contribution in [3.8, 4) is 0 Å². The first kappa shape index (κ1) is 17.8. The van der Waals surface area contributed by atoms with Crippen LogP contribution in [0.5, 0.6) is 0 Å². The maximum atomic E-state index is 12.6. The summed E-state index contributed by atoms with van der Waals surface area (Å²) in [4.78, 5) is 18.2. The number of rotatable bonds is 6. The number of piperidine rings is 1. The highest BCUT2D eigenvalue weighted by Gasteiger charge is 2.30. The molecule has 23 heavy (non-hydrogen) atoms. The van der Waals surface area contributed by atoms with E-state index < -0.39 is 0 Å². The Kier molecular flexibility index (Phi) is 6.46. The molecule has 0 aliphatic carbocycles. The summed E-state index contributed by atoms with van der Waals surface area (Å²) in [6, 6.07) is 8.80. The van der Waals surface area contributed by atoms with Gasteiger partial charge in [-0.15, -0.1) is 0 Å². The van der Waals surface area contributed by atoms with Crippen LogP contribution < -0.4 is 9.80 Å². The minimum absolute atomic E-state index is 0.208. The molecule has 2 atom stereocenters. The van der Waals surface area contributed by atoms with Crippen molar-refractivity contribution in [2.75, 3.05) is 45.2 Å². The molecule has 2 rings (SSSR count). The molecule has 1 N–H and O–H groups in total. The molecule has 128 valence electrons. The van der Waals surface area contributed by atoms with Crippen molar-refractivity contribution in [2.24, 2.45) is 5.92 Å². The van der Waals surface area contributed by atoms with Gasteiger partial charge in [-0.1, -0.05) is 12.1 Å². The van der Waals surface area contributed by atoms with Crippen LogP contribution in [-0.4, -0.2) is 51.1 Å². The highest BCUT2D eigenvalue weighted by Crippen LogP contribution is 2.14. The molecular formula is C19H32N3O+. The standard InChI is InChI=1S/C19H31N3O/c1-5-22(6-2)19(23)17-8-7-13-21(15-17)14-16-9-11-18(12-10-16)20(3)4/h9-12,17H,5-8,13-15H2,1-4H3/p+1/t17-/m1/s1. The Labute approximate surface area is 141 Å². The summed E-state index contributed by atoms with van der Waals surface area (Å²) in [6.45, 7) is 8.97. The van der Waals surface area contributed by atoms with E-state index in [1.54, 1.807) is 4.90 Å². The third-order valence-corrected chi connectivity index (χ3v) is 4.95. The second-order valence-corrected chi connectivity index (χ2v) is 6.79. The number of amides is 1. The monoisotopic (exact) mass is 318 g/mol. The highest BCUT2D eigenvalue weighted by molar-refractivity contribution is 5.78. The van der Waals surface area contributed by atoms with Crippen LogP contribution in [0.1, 0.15) is 32.3 Å². The Morgan fingerprint density at radius 3 is 2.39 bits per heavy atom. The largest absolute Gasteiger partial charge is 0.378 e. The zero-order valence-corrected chi connectivity index (χ0v) is 15.1. The van der Waals surface area contributed by atoms with E-state index in [0.29, 0.717) is 5.91 Å². The van der Waals surface area contributed by atoms with Crippen molar-refractivity contribution in [1.29, 1.82) is 0 Å². The fraction of sp³-hybridized carbons (Fsp3) is 0.632. The van der Waals surface area contributed by atoms with Gasteiger partial charge in [-0.3, -0.25) is 4.79 Å². The summed E-state index contributed by atoms with van der Waals surface area (Å²) in [5.41, 5.74) is 2.60. The number of nitrogens with one attached hydrogen (secondary N) is 1. The second kappa shape index (κ2) is 8.34. The molecule has 0 aromatic heterocycles. The molecule has 4 nitrogen and oxygen atoms in total. The van der Waals surface area contributed by atoms with Crippen LogP contribution in [0.4, 0.5) is 5.69 Å². The van der Waals surface area contributed by atoms with Crippen LogP contribution in [0.15, 0.2) is 24.3 Å². The summed E-state index contributed by atoms with van der Waals surface area (Å²) in [5, 5.41) is 0. The van der Waals surface area contributed by atoms with Crippen LogP contribution >= 0.6 is 0 Å². The normalized spacial score (nSPS) is 21.0. The maximum absolute atomic E-state index is 12.6. The summed E-state index contributed by atoms with van der Waals surface area (Å²) >= 11 is 0. The molecule has 4 heteroatoms. The van der Waals surface area contributed by atoms with Crippen molar-refractivity contribution in [1.82, 2.24) is 4.90 Å². The topological polar surface area (TPSA) is 28.0 Å². The second-order valence-electron chi connectivity index (χ2n) is 6.79. The van der Waals surface area contributed by atoms with Crippen LogP contribution in [0.2, 0.25) is 0 Å². The minimum Gasteiger partial charge on any atom is -0.378 e. The summed E-state index contributed by atoms with van der Waals surface area (Å²) < 4.78 is 0. The number of benzene rings is 1. The van der Waals surface area contributed by atoms with Crippen molar-refractivity contribution in [3.05, 3.63) is 29.8 Å². The average molecular weight is 318 g/mol. The van der Waals surface area contributed by atoms with Crippen LogP contribution in [-0.2, 0) is 11.3 Å². The van der Waals surface area contributed by atoms with Gasteiger partial charge in [0.2, 0.25) is 5.91 Å². The molecule has 1 aromatic rings. The lowest BCUT2D eigenvalue weighted by molar-refractivity contribution is -0.921. The molecule has 0 radical (unpaired) electrons. The third kappa shape index (κ3) is 4.71. The summed E-state index contributed by atoms with van der Waals surface area (Å²) in [5.74, 6) is 0.565. The molecule has 1 amide bonds. The van der Waals surface area contributed by atoms with Crippen molar-refractivity contribution in [2.45, 2.75) is 33.2 Å². The van der Waals surface area contributed by atoms with Gasteiger partial charge in [-0.05, 0) is 38.8 Å². The van der Waals surface area contributed by atoms with Gasteiger partial charge in [0.15, 0.2) is 0 Å². The van der Waals surface area contributed by atoms with Gasteiger partial charge in [-0.2, -0.15) is 0 Å². The number of carbonyl (C=O) groups excluding carboxylic acids is 1. The number of anilines is 1. The third-order valence-electron chi connectivity index (χ3n) is 4.95. The minimum atomic E-state index is 0.208. The molecule has 0 bridgehead atoms. The van der Waals surface area contributed by atoms with Crippen LogP contribution in [0, 0.1) is 5.92 Å². The Morgan fingerprint density at radius 1 is 1.17 bits per heavy atom. The first-order valence-corrected chi connectivity index (χ1v) is 8.93. The first-order chi connectivity index (χ1) is 11.0. The molecule has 0 saturated carbocycles. The summed E-state index contributed by atoms with van der Waals surface area (Å²) in [7, 11) is 4.13. The molecular weight excluding hydrogens is 286 g/mol.